The Morgan fingerprint density at radius 3 is 2.45 bits per heavy atom. The van der Waals surface area contributed by atoms with Gasteiger partial charge in [0.25, 0.3) is 10.0 Å². The average Bonchev–Trinajstić information content (AvgIpc) is 2.43. The van der Waals surface area contributed by atoms with Crippen molar-refractivity contribution < 1.29 is 8.42 Å². The highest BCUT2D eigenvalue weighted by atomic mass is 79.9. The van der Waals surface area contributed by atoms with Gasteiger partial charge in [-0.25, -0.2) is 18.4 Å². The van der Waals surface area contributed by atoms with Gasteiger partial charge in [0.15, 0.2) is 0 Å². The zero-order valence-electron chi connectivity index (χ0n) is 10.3. The smallest absolute Gasteiger partial charge is 0.264 e. The second-order valence-electron chi connectivity index (χ2n) is 3.73. The second kappa shape index (κ2) is 5.94. The first-order valence-corrected chi connectivity index (χ1v) is 8.05. The van der Waals surface area contributed by atoms with E-state index in [4.69, 9.17) is 11.6 Å². The molecule has 0 atom stereocenters. The van der Waals surface area contributed by atoms with E-state index in [0.717, 1.165) is 0 Å². The monoisotopic (exact) mass is 376 g/mol. The number of nitrogens with zero attached hydrogens (tertiary/aromatic N) is 2. The summed E-state index contributed by atoms with van der Waals surface area (Å²) >= 11 is 9.15. The van der Waals surface area contributed by atoms with Crippen LogP contribution in [0.3, 0.4) is 0 Å². The Morgan fingerprint density at radius 2 is 1.90 bits per heavy atom. The summed E-state index contributed by atoms with van der Waals surface area (Å²) in [5.74, 6) is 0.343. The number of hydrogen-bond donors (Lipinski definition) is 2. The molecule has 0 spiro atoms. The normalized spacial score (nSPS) is 11.2. The third-order valence-corrected chi connectivity index (χ3v) is 4.90. The summed E-state index contributed by atoms with van der Waals surface area (Å²) < 4.78 is 27.4. The van der Waals surface area contributed by atoms with Gasteiger partial charge in [-0.3, -0.25) is 4.72 Å². The molecule has 0 bridgehead atoms. The summed E-state index contributed by atoms with van der Waals surface area (Å²) in [7, 11) is -2.10. The van der Waals surface area contributed by atoms with Crippen molar-refractivity contribution >= 4 is 49.2 Å². The summed E-state index contributed by atoms with van der Waals surface area (Å²) in [5, 5.41) is 3.12. The lowest BCUT2D eigenvalue weighted by molar-refractivity contribution is 0.600. The lowest BCUT2D eigenvalue weighted by atomic mass is 10.3. The summed E-state index contributed by atoms with van der Waals surface area (Å²) in [4.78, 5) is 7.69. The molecule has 0 fully saturated rings. The molecular formula is C11H10BrClN4O2S. The molecule has 0 aliphatic heterocycles. The van der Waals surface area contributed by atoms with Crippen LogP contribution in [-0.2, 0) is 10.0 Å². The van der Waals surface area contributed by atoms with E-state index in [1.54, 1.807) is 19.2 Å². The summed E-state index contributed by atoms with van der Waals surface area (Å²) in [6, 6.07) is 4.75. The molecule has 2 rings (SSSR count). The van der Waals surface area contributed by atoms with Crippen molar-refractivity contribution in [3.8, 4) is 0 Å². The molecule has 2 N–H and O–H groups in total. The maximum atomic E-state index is 12.1. The number of anilines is 2. The lowest BCUT2D eigenvalue weighted by Crippen LogP contribution is -2.14. The van der Waals surface area contributed by atoms with Crippen LogP contribution in [0.2, 0.25) is 5.02 Å². The molecule has 6 nitrogen and oxygen atoms in total. The van der Waals surface area contributed by atoms with Crippen molar-refractivity contribution in [1.29, 1.82) is 0 Å². The van der Waals surface area contributed by atoms with Crippen LogP contribution in [0.1, 0.15) is 0 Å². The molecule has 0 aliphatic rings. The van der Waals surface area contributed by atoms with Crippen LogP contribution in [0.5, 0.6) is 0 Å². The Morgan fingerprint density at radius 1 is 1.25 bits per heavy atom. The number of aromatic nitrogens is 2. The fourth-order valence-corrected chi connectivity index (χ4v) is 2.72. The Bertz CT molecular complexity index is 722. The third kappa shape index (κ3) is 3.38. The van der Waals surface area contributed by atoms with Crippen LogP contribution in [0.15, 0.2) is 40.0 Å². The van der Waals surface area contributed by atoms with E-state index in [-0.39, 0.29) is 4.90 Å². The summed E-state index contributed by atoms with van der Waals surface area (Å²) in [6.07, 6.45) is 2.45. The SMILES string of the molecule is CNc1ncc(S(=O)(=O)Nc2ccc(Br)c(Cl)c2)cn1. The molecule has 2 aromatic rings. The number of benzene rings is 1. The maximum absolute atomic E-state index is 12.1. The van der Waals surface area contributed by atoms with E-state index < -0.39 is 10.0 Å². The number of nitrogens with one attached hydrogen (secondary N) is 2. The second-order valence-corrected chi connectivity index (χ2v) is 6.67. The fourth-order valence-electron chi connectivity index (χ4n) is 1.36. The molecule has 0 saturated heterocycles. The zero-order chi connectivity index (χ0) is 14.8. The quantitative estimate of drug-likeness (QED) is 0.856. The maximum Gasteiger partial charge on any atom is 0.264 e. The van der Waals surface area contributed by atoms with Gasteiger partial charge < -0.3 is 5.32 Å². The Kier molecular flexibility index (Phi) is 4.46. The van der Waals surface area contributed by atoms with Gasteiger partial charge in [-0.15, -0.1) is 0 Å². The van der Waals surface area contributed by atoms with Crippen molar-refractivity contribution in [2.45, 2.75) is 4.90 Å². The van der Waals surface area contributed by atoms with Gasteiger partial charge >= 0.3 is 0 Å². The van der Waals surface area contributed by atoms with Gasteiger partial charge in [-0.1, -0.05) is 11.6 Å². The van der Waals surface area contributed by atoms with Crippen LogP contribution >= 0.6 is 27.5 Å². The van der Waals surface area contributed by atoms with Crippen LogP contribution < -0.4 is 10.0 Å². The van der Waals surface area contributed by atoms with Gasteiger partial charge in [0, 0.05) is 11.5 Å². The standard InChI is InChI=1S/C11H10BrClN4O2S/c1-14-11-15-5-8(6-16-11)20(18,19)17-7-2-3-9(12)10(13)4-7/h2-6,17H,1H3,(H,14,15,16). The first-order chi connectivity index (χ1) is 9.42. The lowest BCUT2D eigenvalue weighted by Gasteiger charge is -2.08. The molecule has 0 amide bonds. The van der Waals surface area contributed by atoms with E-state index in [2.05, 4.69) is 35.9 Å². The average molecular weight is 378 g/mol. The number of rotatable bonds is 4. The van der Waals surface area contributed by atoms with Gasteiger partial charge in [0.05, 0.1) is 23.1 Å². The molecule has 106 valence electrons. The van der Waals surface area contributed by atoms with Gasteiger partial charge in [0.2, 0.25) is 5.95 Å². The van der Waals surface area contributed by atoms with Crippen molar-refractivity contribution in [2.24, 2.45) is 0 Å². The van der Waals surface area contributed by atoms with Crippen molar-refractivity contribution in [1.82, 2.24) is 9.97 Å². The van der Waals surface area contributed by atoms with E-state index >= 15 is 0 Å². The van der Waals surface area contributed by atoms with Gasteiger partial charge in [0.1, 0.15) is 4.90 Å². The van der Waals surface area contributed by atoms with Crippen molar-refractivity contribution in [2.75, 3.05) is 17.1 Å². The predicted molar refractivity (Wildman–Crippen MR) is 81.5 cm³/mol. The molecule has 0 aliphatic carbocycles. The molecule has 1 heterocycles. The van der Waals surface area contributed by atoms with Gasteiger partial charge in [-0.2, -0.15) is 0 Å². The fraction of sp³-hybridized carbons (Fsp3) is 0.0909. The number of hydrogen-bond acceptors (Lipinski definition) is 5. The molecule has 20 heavy (non-hydrogen) atoms. The Balaban J connectivity index is 2.27. The summed E-state index contributed by atoms with van der Waals surface area (Å²) in [5.41, 5.74) is 0.357. The molecule has 0 saturated carbocycles. The third-order valence-electron chi connectivity index (χ3n) is 2.33. The number of sulfonamides is 1. The molecule has 1 aromatic carbocycles. The van der Waals surface area contributed by atoms with Crippen LogP contribution in [0, 0.1) is 0 Å². The van der Waals surface area contributed by atoms with Crippen molar-refractivity contribution in [3.05, 3.63) is 40.1 Å². The number of halogens is 2. The van der Waals surface area contributed by atoms with E-state index in [9.17, 15) is 8.42 Å². The largest absolute Gasteiger partial charge is 0.357 e. The van der Waals surface area contributed by atoms with Crippen LogP contribution in [0.25, 0.3) is 0 Å². The minimum atomic E-state index is -3.74. The Labute approximate surface area is 129 Å². The molecule has 0 unspecified atom stereocenters. The van der Waals surface area contributed by atoms with E-state index in [1.165, 1.54) is 18.5 Å². The molecule has 0 radical (unpaired) electrons. The Hall–Kier alpha value is -1.38. The highest BCUT2D eigenvalue weighted by molar-refractivity contribution is 9.10. The van der Waals surface area contributed by atoms with E-state index in [1.807, 2.05) is 0 Å². The first-order valence-electron chi connectivity index (χ1n) is 5.40. The van der Waals surface area contributed by atoms with Crippen LogP contribution in [-0.4, -0.2) is 25.4 Å². The van der Waals surface area contributed by atoms with E-state index in [0.29, 0.717) is 21.1 Å². The predicted octanol–water partition coefficient (Wildman–Crippen LogP) is 2.74. The highest BCUT2D eigenvalue weighted by Crippen LogP contribution is 2.26. The minimum Gasteiger partial charge on any atom is -0.357 e. The summed E-state index contributed by atoms with van der Waals surface area (Å²) in [6.45, 7) is 0. The zero-order valence-corrected chi connectivity index (χ0v) is 13.4. The molecule has 9 heteroatoms. The molecule has 1 aromatic heterocycles. The topological polar surface area (TPSA) is 84.0 Å². The molecular weight excluding hydrogens is 368 g/mol. The highest BCUT2D eigenvalue weighted by Gasteiger charge is 2.15. The minimum absolute atomic E-state index is 0.0319. The van der Waals surface area contributed by atoms with Crippen molar-refractivity contribution in [3.63, 3.8) is 0 Å². The first kappa shape index (κ1) is 15.0. The van der Waals surface area contributed by atoms with Gasteiger partial charge in [-0.05, 0) is 34.1 Å². The van der Waals surface area contributed by atoms with Crippen LogP contribution in [0.4, 0.5) is 11.6 Å².